The molecule has 5 heterocycles. The summed E-state index contributed by atoms with van der Waals surface area (Å²) in [6.45, 7) is 4.58. The van der Waals surface area contributed by atoms with Gasteiger partial charge in [0.15, 0.2) is 0 Å². The SMILES string of the molecule is CN(C)C(C(=O)N1CCC[C@H]1c1ncc(-c2cnc([C@@H]3CCCN3C(=O)c3ccc(N4CCOCC4)cc3)[nH]2)[nH]1)c1ccccc1. The number of carbonyl (C=O) groups excluding carboxylic acids is 2. The van der Waals surface area contributed by atoms with Crippen LogP contribution in [0.4, 0.5) is 5.69 Å². The van der Waals surface area contributed by atoms with E-state index in [0.717, 1.165) is 86.3 Å². The smallest absolute Gasteiger partial charge is 0.254 e. The minimum absolute atomic E-state index is 0.0235. The molecule has 46 heavy (non-hydrogen) atoms. The van der Waals surface area contributed by atoms with E-state index in [1.807, 2.05) is 89.6 Å². The average Bonchev–Trinajstić information content (AvgIpc) is 3.91. The molecule has 2 amide bonds. The number of benzene rings is 2. The molecule has 4 aromatic rings. The van der Waals surface area contributed by atoms with Gasteiger partial charge in [-0.3, -0.25) is 14.5 Å². The minimum atomic E-state index is -0.355. The second-order valence-electron chi connectivity index (χ2n) is 12.6. The van der Waals surface area contributed by atoms with E-state index in [9.17, 15) is 9.59 Å². The standard InChI is InChI=1S/C35H42N8O3/c1-40(2)31(24-8-4-3-5-9-24)35(45)43-17-7-11-30(43)33-37-23-28(39-33)27-22-36-32(38-27)29-10-6-16-42(29)34(44)25-12-14-26(15-13-25)41-18-20-46-21-19-41/h3-5,8-9,12-15,22-23,29-31H,6-7,10-11,16-21H2,1-2H3,(H,36,38)(H,37,39)/t29-,30-,31?/m0/s1. The predicted octanol–water partition coefficient (Wildman–Crippen LogP) is 4.58. The maximum Gasteiger partial charge on any atom is 0.254 e. The van der Waals surface area contributed by atoms with Gasteiger partial charge in [0.05, 0.1) is 49.1 Å². The Kier molecular flexibility index (Phi) is 8.59. The molecule has 3 atom stereocenters. The summed E-state index contributed by atoms with van der Waals surface area (Å²) >= 11 is 0. The molecule has 0 spiro atoms. The first-order valence-electron chi connectivity index (χ1n) is 16.3. The average molecular weight is 623 g/mol. The lowest BCUT2D eigenvalue weighted by Crippen LogP contribution is -2.40. The quantitative estimate of drug-likeness (QED) is 0.296. The molecular weight excluding hydrogens is 580 g/mol. The van der Waals surface area contributed by atoms with Gasteiger partial charge in [-0.05, 0) is 69.6 Å². The molecule has 1 unspecified atom stereocenters. The van der Waals surface area contributed by atoms with Crippen LogP contribution < -0.4 is 4.90 Å². The topological polar surface area (TPSA) is 114 Å². The predicted molar refractivity (Wildman–Crippen MR) is 175 cm³/mol. The van der Waals surface area contributed by atoms with E-state index >= 15 is 0 Å². The van der Waals surface area contributed by atoms with Crippen molar-refractivity contribution in [2.75, 3.05) is 58.4 Å². The molecule has 0 saturated carbocycles. The number of ether oxygens (including phenoxy) is 1. The van der Waals surface area contributed by atoms with E-state index in [0.29, 0.717) is 18.7 Å². The van der Waals surface area contributed by atoms with E-state index in [4.69, 9.17) is 14.7 Å². The fraction of sp³-hybridized carbons (Fsp3) is 0.429. The van der Waals surface area contributed by atoms with Gasteiger partial charge in [0, 0.05) is 37.4 Å². The number of carbonyl (C=O) groups is 2. The molecule has 2 aromatic heterocycles. The maximum absolute atomic E-state index is 13.9. The lowest BCUT2D eigenvalue weighted by molar-refractivity contribution is -0.137. The van der Waals surface area contributed by atoms with Crippen LogP contribution in [-0.2, 0) is 9.53 Å². The first kappa shape index (κ1) is 30.2. The minimum Gasteiger partial charge on any atom is -0.378 e. The third-order valence-corrected chi connectivity index (χ3v) is 9.52. The van der Waals surface area contributed by atoms with Crippen LogP contribution in [0, 0.1) is 0 Å². The number of anilines is 1. The van der Waals surface area contributed by atoms with E-state index in [-0.39, 0.29) is 29.9 Å². The Balaban J connectivity index is 1.04. The van der Waals surface area contributed by atoms with E-state index in [2.05, 4.69) is 14.9 Å². The monoisotopic (exact) mass is 622 g/mol. The Morgan fingerprint density at radius 3 is 2.00 bits per heavy atom. The summed E-state index contributed by atoms with van der Waals surface area (Å²) < 4.78 is 5.47. The number of hydrogen-bond donors (Lipinski definition) is 2. The number of aromatic nitrogens is 4. The van der Waals surface area contributed by atoms with Crippen LogP contribution in [0.1, 0.15) is 71.4 Å². The Bertz CT molecular complexity index is 1640. The Labute approximate surface area is 269 Å². The number of hydrogen-bond acceptors (Lipinski definition) is 7. The molecule has 3 aliphatic heterocycles. The van der Waals surface area contributed by atoms with Crippen LogP contribution in [0.3, 0.4) is 0 Å². The van der Waals surface area contributed by atoms with Gasteiger partial charge in [0.25, 0.3) is 5.91 Å². The molecule has 3 saturated heterocycles. The Morgan fingerprint density at radius 2 is 1.39 bits per heavy atom. The third kappa shape index (κ3) is 5.92. The molecule has 7 rings (SSSR count). The van der Waals surface area contributed by atoms with Gasteiger partial charge in [-0.2, -0.15) is 0 Å². The van der Waals surface area contributed by atoms with Gasteiger partial charge in [-0.25, -0.2) is 9.97 Å². The number of morpholine rings is 1. The molecule has 11 nitrogen and oxygen atoms in total. The number of rotatable bonds is 8. The normalized spacial score (nSPS) is 20.9. The fourth-order valence-electron chi connectivity index (χ4n) is 7.15. The van der Waals surface area contributed by atoms with Gasteiger partial charge in [-0.1, -0.05) is 30.3 Å². The van der Waals surface area contributed by atoms with Gasteiger partial charge in [-0.15, -0.1) is 0 Å². The molecule has 240 valence electrons. The summed E-state index contributed by atoms with van der Waals surface area (Å²) in [7, 11) is 3.89. The van der Waals surface area contributed by atoms with Crippen molar-refractivity contribution in [3.63, 3.8) is 0 Å². The van der Waals surface area contributed by atoms with E-state index < -0.39 is 0 Å². The van der Waals surface area contributed by atoms with Crippen molar-refractivity contribution in [3.8, 4) is 11.4 Å². The summed E-state index contributed by atoms with van der Waals surface area (Å²) in [6.07, 6.45) is 7.18. The molecule has 3 fully saturated rings. The molecule has 11 heteroatoms. The van der Waals surface area contributed by atoms with Crippen LogP contribution in [-0.4, -0.2) is 99.9 Å². The Morgan fingerprint density at radius 1 is 0.804 bits per heavy atom. The van der Waals surface area contributed by atoms with Crippen LogP contribution in [0.15, 0.2) is 67.0 Å². The van der Waals surface area contributed by atoms with Crippen molar-refractivity contribution in [2.45, 2.75) is 43.8 Å². The molecule has 2 N–H and O–H groups in total. The van der Waals surface area contributed by atoms with Crippen molar-refractivity contribution in [1.82, 2.24) is 34.6 Å². The van der Waals surface area contributed by atoms with Crippen molar-refractivity contribution >= 4 is 17.5 Å². The van der Waals surface area contributed by atoms with Crippen molar-refractivity contribution in [2.24, 2.45) is 0 Å². The van der Waals surface area contributed by atoms with E-state index in [1.54, 1.807) is 6.20 Å². The number of aromatic amines is 2. The highest BCUT2D eigenvalue weighted by Crippen LogP contribution is 2.36. The summed E-state index contributed by atoms with van der Waals surface area (Å²) in [4.78, 5) is 52.0. The highest BCUT2D eigenvalue weighted by atomic mass is 16.5. The van der Waals surface area contributed by atoms with Crippen molar-refractivity contribution in [3.05, 3.63) is 89.8 Å². The summed E-state index contributed by atoms with van der Waals surface area (Å²) in [5, 5.41) is 0. The first-order valence-corrected chi connectivity index (χ1v) is 16.3. The number of likely N-dealkylation sites (N-methyl/N-ethyl adjacent to an activating group) is 1. The number of nitrogens with zero attached hydrogens (tertiary/aromatic N) is 6. The van der Waals surface area contributed by atoms with Crippen LogP contribution >= 0.6 is 0 Å². The molecular formula is C35H42N8O3. The van der Waals surface area contributed by atoms with Crippen molar-refractivity contribution in [1.29, 1.82) is 0 Å². The van der Waals surface area contributed by atoms with Gasteiger partial charge >= 0.3 is 0 Å². The van der Waals surface area contributed by atoms with Crippen LogP contribution in [0.25, 0.3) is 11.4 Å². The molecule has 2 aromatic carbocycles. The molecule has 0 bridgehead atoms. The second kappa shape index (κ2) is 13.1. The van der Waals surface area contributed by atoms with Crippen LogP contribution in [0.2, 0.25) is 0 Å². The zero-order chi connectivity index (χ0) is 31.6. The second-order valence-corrected chi connectivity index (χ2v) is 12.6. The summed E-state index contributed by atoms with van der Waals surface area (Å²) in [5.74, 6) is 1.66. The van der Waals surface area contributed by atoms with Crippen molar-refractivity contribution < 1.29 is 14.3 Å². The number of likely N-dealkylation sites (tertiary alicyclic amines) is 2. The number of amides is 2. The molecule has 0 radical (unpaired) electrons. The zero-order valence-corrected chi connectivity index (χ0v) is 26.6. The van der Waals surface area contributed by atoms with Gasteiger partial charge in [0.2, 0.25) is 5.91 Å². The van der Waals surface area contributed by atoms with Gasteiger partial charge < -0.3 is 29.4 Å². The lowest BCUT2D eigenvalue weighted by atomic mass is 10.0. The van der Waals surface area contributed by atoms with E-state index in [1.165, 1.54) is 0 Å². The first-order chi connectivity index (χ1) is 22.5. The summed E-state index contributed by atoms with van der Waals surface area (Å²) in [6, 6.07) is 17.3. The highest BCUT2D eigenvalue weighted by molar-refractivity contribution is 5.95. The largest absolute Gasteiger partial charge is 0.378 e. The lowest BCUT2D eigenvalue weighted by Gasteiger charge is -2.31. The zero-order valence-electron chi connectivity index (χ0n) is 26.6. The third-order valence-electron chi connectivity index (χ3n) is 9.52. The highest BCUT2D eigenvalue weighted by Gasteiger charge is 2.37. The maximum atomic E-state index is 13.9. The molecule has 3 aliphatic rings. The van der Waals surface area contributed by atoms with Gasteiger partial charge in [0.1, 0.15) is 17.7 Å². The number of H-pyrrole nitrogens is 2. The van der Waals surface area contributed by atoms with Crippen LogP contribution in [0.5, 0.6) is 0 Å². The fourth-order valence-corrected chi connectivity index (χ4v) is 7.15. The Hall–Kier alpha value is -4.48. The number of imidazole rings is 2. The summed E-state index contributed by atoms with van der Waals surface area (Å²) in [5.41, 5.74) is 4.42. The molecule has 0 aliphatic carbocycles. The number of nitrogens with one attached hydrogen (secondary N) is 2.